The number of carbonyl (C=O) groups excluding carboxylic acids is 2. The van der Waals surface area contributed by atoms with Gasteiger partial charge in [-0.1, -0.05) is 55.0 Å². The maximum atomic E-state index is 12.7. The van der Waals surface area contributed by atoms with Gasteiger partial charge in [-0.15, -0.1) is 0 Å². The second-order valence-corrected chi connectivity index (χ2v) is 8.79. The predicted octanol–water partition coefficient (Wildman–Crippen LogP) is 3.67. The fourth-order valence-electron chi connectivity index (χ4n) is 4.67. The van der Waals surface area contributed by atoms with Crippen molar-refractivity contribution >= 4 is 18.0 Å². The van der Waals surface area contributed by atoms with Gasteiger partial charge in [0.15, 0.2) is 0 Å². The van der Waals surface area contributed by atoms with E-state index in [1.165, 1.54) is 0 Å². The number of nitrogens with one attached hydrogen (secondary N) is 2. The van der Waals surface area contributed by atoms with Crippen LogP contribution in [0.1, 0.15) is 49.7 Å². The lowest BCUT2D eigenvalue weighted by atomic mass is 9.68. The van der Waals surface area contributed by atoms with Crippen LogP contribution in [0, 0.1) is 5.41 Å². The lowest BCUT2D eigenvalue weighted by Gasteiger charge is -2.40. The number of amides is 2. The van der Waals surface area contributed by atoms with E-state index in [4.69, 9.17) is 9.84 Å². The lowest BCUT2D eigenvalue weighted by molar-refractivity contribution is -0.139. The Hall–Kier alpha value is -3.35. The fraction of sp³-hybridized carbons (Fsp3) is 0.400. The number of fused-ring (bicyclic) bond motifs is 3. The van der Waals surface area contributed by atoms with Crippen LogP contribution in [0.4, 0.5) is 4.79 Å². The normalized spacial score (nSPS) is 16.8. The number of hydrogen-bond donors (Lipinski definition) is 3. The summed E-state index contributed by atoms with van der Waals surface area (Å²) >= 11 is 0. The Morgan fingerprint density at radius 1 is 1.06 bits per heavy atom. The molecule has 2 aliphatic rings. The molecule has 0 spiro atoms. The quantitative estimate of drug-likeness (QED) is 0.586. The van der Waals surface area contributed by atoms with E-state index in [0.717, 1.165) is 28.7 Å². The van der Waals surface area contributed by atoms with E-state index in [-0.39, 0.29) is 31.4 Å². The number of carbonyl (C=O) groups is 3. The molecule has 0 unspecified atom stereocenters. The third-order valence-corrected chi connectivity index (χ3v) is 6.57. The number of benzene rings is 2. The van der Waals surface area contributed by atoms with Crippen LogP contribution in [-0.4, -0.2) is 42.3 Å². The van der Waals surface area contributed by atoms with Crippen LogP contribution in [0.15, 0.2) is 48.5 Å². The molecule has 7 nitrogen and oxygen atoms in total. The fourth-order valence-corrected chi connectivity index (χ4v) is 4.67. The van der Waals surface area contributed by atoms with Gasteiger partial charge >= 0.3 is 12.1 Å². The maximum Gasteiger partial charge on any atom is 0.407 e. The van der Waals surface area contributed by atoms with E-state index in [1.807, 2.05) is 24.3 Å². The average molecular weight is 437 g/mol. The predicted molar refractivity (Wildman–Crippen MR) is 119 cm³/mol. The highest BCUT2D eigenvalue weighted by Crippen LogP contribution is 2.44. The minimum absolute atomic E-state index is 0.0222. The molecule has 0 radical (unpaired) electrons. The van der Waals surface area contributed by atoms with Crippen LogP contribution in [-0.2, 0) is 14.3 Å². The summed E-state index contributed by atoms with van der Waals surface area (Å²) in [6.07, 6.45) is 1.52. The van der Waals surface area contributed by atoms with Gasteiger partial charge in [0.2, 0.25) is 5.91 Å². The van der Waals surface area contributed by atoms with Crippen molar-refractivity contribution < 1.29 is 24.2 Å². The molecule has 32 heavy (non-hydrogen) atoms. The van der Waals surface area contributed by atoms with Gasteiger partial charge in [-0.25, -0.2) is 4.79 Å². The van der Waals surface area contributed by atoms with Crippen molar-refractivity contribution in [3.05, 3.63) is 59.7 Å². The van der Waals surface area contributed by atoms with Gasteiger partial charge in [-0.3, -0.25) is 9.59 Å². The molecule has 0 saturated heterocycles. The Labute approximate surface area is 187 Å². The number of alkyl carbamates (subject to hydrolysis) is 1. The molecule has 0 heterocycles. The first-order valence-electron chi connectivity index (χ1n) is 11.0. The summed E-state index contributed by atoms with van der Waals surface area (Å²) in [4.78, 5) is 36.0. The van der Waals surface area contributed by atoms with E-state index in [1.54, 1.807) is 6.92 Å². The maximum absolute atomic E-state index is 12.7. The van der Waals surface area contributed by atoms with Crippen molar-refractivity contribution in [2.75, 3.05) is 13.2 Å². The highest BCUT2D eigenvalue weighted by atomic mass is 16.5. The number of carboxylic acid groups (broad SMARTS) is 1. The Balaban J connectivity index is 1.34. The van der Waals surface area contributed by atoms with Crippen molar-refractivity contribution in [2.24, 2.45) is 5.41 Å². The largest absolute Gasteiger partial charge is 0.481 e. The Morgan fingerprint density at radius 3 is 2.19 bits per heavy atom. The van der Waals surface area contributed by atoms with Crippen molar-refractivity contribution in [2.45, 2.75) is 44.6 Å². The number of ether oxygens (including phenoxy) is 1. The molecule has 0 bridgehead atoms. The minimum Gasteiger partial charge on any atom is -0.481 e. The second kappa shape index (κ2) is 9.02. The minimum atomic E-state index is -0.961. The summed E-state index contributed by atoms with van der Waals surface area (Å²) in [5.41, 5.74) is 3.92. The first-order valence-corrected chi connectivity index (χ1v) is 11.0. The van der Waals surface area contributed by atoms with Gasteiger partial charge in [-0.2, -0.15) is 0 Å². The molecule has 2 aromatic rings. The Kier molecular flexibility index (Phi) is 6.17. The molecule has 2 aromatic carbocycles. The average Bonchev–Trinajstić information content (AvgIpc) is 3.04. The van der Waals surface area contributed by atoms with Crippen LogP contribution >= 0.6 is 0 Å². The van der Waals surface area contributed by atoms with Gasteiger partial charge in [0.25, 0.3) is 0 Å². The summed E-state index contributed by atoms with van der Waals surface area (Å²) in [5.74, 6) is -1.19. The molecule has 3 N–H and O–H groups in total. The van der Waals surface area contributed by atoms with E-state index in [2.05, 4.69) is 34.9 Å². The zero-order valence-corrected chi connectivity index (χ0v) is 18.1. The van der Waals surface area contributed by atoms with Gasteiger partial charge < -0.3 is 20.5 Å². The summed E-state index contributed by atoms with van der Waals surface area (Å²) in [7, 11) is 0. The number of carboxylic acids is 1. The summed E-state index contributed by atoms with van der Waals surface area (Å²) in [5, 5.41) is 14.4. The lowest BCUT2D eigenvalue weighted by Crippen LogP contribution is -2.54. The molecule has 1 fully saturated rings. The molecular formula is C25H28N2O5. The zero-order valence-electron chi connectivity index (χ0n) is 18.1. The summed E-state index contributed by atoms with van der Waals surface area (Å²) in [6, 6.07) is 15.8. The molecule has 2 amide bonds. The molecule has 4 rings (SSSR count). The van der Waals surface area contributed by atoms with Gasteiger partial charge in [-0.05, 0) is 42.0 Å². The van der Waals surface area contributed by atoms with E-state index >= 15 is 0 Å². The highest BCUT2D eigenvalue weighted by molar-refractivity contribution is 5.85. The molecule has 1 saturated carbocycles. The third kappa shape index (κ3) is 4.33. The van der Waals surface area contributed by atoms with Gasteiger partial charge in [0, 0.05) is 18.5 Å². The second-order valence-electron chi connectivity index (χ2n) is 8.79. The van der Waals surface area contributed by atoms with Gasteiger partial charge in [0.05, 0.1) is 11.8 Å². The smallest absolute Gasteiger partial charge is 0.407 e. The molecular weight excluding hydrogens is 408 g/mol. The van der Waals surface area contributed by atoms with Crippen LogP contribution in [0.25, 0.3) is 11.1 Å². The number of hydrogen-bond acceptors (Lipinski definition) is 4. The first-order chi connectivity index (χ1) is 15.4. The zero-order chi connectivity index (χ0) is 22.7. The summed E-state index contributed by atoms with van der Waals surface area (Å²) < 4.78 is 5.56. The van der Waals surface area contributed by atoms with Crippen LogP contribution < -0.4 is 10.6 Å². The van der Waals surface area contributed by atoms with Crippen molar-refractivity contribution in [1.82, 2.24) is 10.6 Å². The van der Waals surface area contributed by atoms with Crippen LogP contribution in [0.5, 0.6) is 0 Å². The Morgan fingerprint density at radius 2 is 1.66 bits per heavy atom. The van der Waals surface area contributed by atoms with E-state index < -0.39 is 23.5 Å². The van der Waals surface area contributed by atoms with Crippen LogP contribution in [0.2, 0.25) is 0 Å². The van der Waals surface area contributed by atoms with Crippen molar-refractivity contribution in [3.63, 3.8) is 0 Å². The molecule has 168 valence electrons. The molecule has 0 aromatic heterocycles. The molecule has 2 aliphatic carbocycles. The molecule has 0 aliphatic heterocycles. The van der Waals surface area contributed by atoms with Crippen molar-refractivity contribution in [3.8, 4) is 11.1 Å². The Bertz CT molecular complexity index is 985. The standard InChI is InChI=1S/C25H28N2O5/c1-16(13-22(28)29)27-23(30)25(11-6-12-25)15-26-24(31)32-14-21-19-9-4-2-7-17(19)18-8-3-5-10-20(18)21/h2-5,7-10,16,21H,6,11-15H2,1H3,(H,26,31)(H,27,30)(H,28,29)/t16-/m1/s1. The number of aliphatic carboxylic acids is 1. The van der Waals surface area contributed by atoms with E-state index in [0.29, 0.717) is 12.8 Å². The highest BCUT2D eigenvalue weighted by Gasteiger charge is 2.44. The van der Waals surface area contributed by atoms with E-state index in [9.17, 15) is 14.4 Å². The topological polar surface area (TPSA) is 105 Å². The SMILES string of the molecule is C[C@H](CC(=O)O)NC(=O)C1(CNC(=O)OCC2c3ccccc3-c3ccccc32)CCC1. The van der Waals surface area contributed by atoms with Crippen LogP contribution in [0.3, 0.4) is 0 Å². The monoisotopic (exact) mass is 436 g/mol. The molecule has 7 heteroatoms. The van der Waals surface area contributed by atoms with Gasteiger partial charge in [0.1, 0.15) is 6.61 Å². The van der Waals surface area contributed by atoms with Crippen molar-refractivity contribution in [1.29, 1.82) is 0 Å². The molecule has 1 atom stereocenters. The first kappa shape index (κ1) is 21.9. The summed E-state index contributed by atoms with van der Waals surface area (Å²) in [6.45, 7) is 2.06. The number of rotatable bonds is 8. The third-order valence-electron chi connectivity index (χ3n) is 6.57.